The number of imidazole rings is 1. The normalized spacial score (nSPS) is 20.7. The maximum Gasteiger partial charge on any atom is 0.324 e. The van der Waals surface area contributed by atoms with Crippen molar-refractivity contribution in [2.24, 2.45) is 17.3 Å². The van der Waals surface area contributed by atoms with E-state index in [-0.39, 0.29) is 43.4 Å². The molecular weight excluding hydrogens is 875 g/mol. The fourth-order valence-electron chi connectivity index (χ4n) is 9.34. The van der Waals surface area contributed by atoms with E-state index >= 15 is 0 Å². The van der Waals surface area contributed by atoms with Crippen LogP contribution in [0.2, 0.25) is 0 Å². The predicted octanol–water partition coefficient (Wildman–Crippen LogP) is 5.09. The molecule has 0 spiro atoms. The van der Waals surface area contributed by atoms with E-state index in [9.17, 15) is 24.0 Å². The molecule has 3 aliphatic heterocycles. The second kappa shape index (κ2) is 20.8. The van der Waals surface area contributed by atoms with Crippen LogP contribution >= 0.6 is 0 Å². The van der Waals surface area contributed by atoms with Gasteiger partial charge in [-0.05, 0) is 113 Å². The Morgan fingerprint density at radius 3 is 2.51 bits per heavy atom. The molecule has 2 fully saturated rings. The average Bonchev–Trinajstić information content (AvgIpc) is 3.96. The number of hydrogen-bond donors (Lipinski definition) is 2. The lowest BCUT2D eigenvalue weighted by Gasteiger charge is -2.37. The van der Waals surface area contributed by atoms with Gasteiger partial charge in [-0.15, -0.1) is 0 Å². The number of carbonyl (C=O) groups is 5. The van der Waals surface area contributed by atoms with E-state index < -0.39 is 52.8 Å². The van der Waals surface area contributed by atoms with E-state index in [0.717, 1.165) is 45.0 Å². The molecule has 6 bridgehead atoms. The highest BCUT2D eigenvalue weighted by Gasteiger charge is 2.40. The molecule has 69 heavy (non-hydrogen) atoms. The lowest BCUT2D eigenvalue weighted by Crippen LogP contribution is -2.62. The zero-order chi connectivity index (χ0) is 49.9. The Morgan fingerprint density at radius 1 is 1.01 bits per heavy atom. The van der Waals surface area contributed by atoms with Gasteiger partial charge in [0.1, 0.15) is 23.8 Å². The summed E-state index contributed by atoms with van der Waals surface area (Å²) in [4.78, 5) is 85.3. The number of nitrogens with one attached hydrogen (secondary N) is 2. The molecular formula is C53H69N9O7. The first-order valence-electron chi connectivity index (χ1n) is 24.1. The Morgan fingerprint density at radius 2 is 1.78 bits per heavy atom. The van der Waals surface area contributed by atoms with Crippen LogP contribution in [-0.2, 0) is 46.3 Å². The number of carbonyl (C=O) groups excluding carboxylic acids is 5. The monoisotopic (exact) mass is 944 g/mol. The second-order valence-electron chi connectivity index (χ2n) is 20.7. The summed E-state index contributed by atoms with van der Waals surface area (Å²) >= 11 is 0. The number of hydrogen-bond acceptors (Lipinski definition) is 11. The standard InChI is InChI=1S/C53H69N9O7/c1-33(2)47(59(10)49(65)38-22-26-60(30-38)44(63)21-23-53(6,7)58(8)9)48(64)55-41-28-35-15-12-16-36(27-35)37-19-20-43-56-46(39-17-13-24-54-45(39)34(3)68-11)42(61(43)31-37)29-52(4,5)32-69-51(67)40-18-14-25-62(57-40)50(41)66/h12-13,15-17,19-20,24,27,31,33-34,38,40-41,47,57H,14,18,22,25-26,28-30,32H2,1-11H3,(H,55,64)/t34-,38-,40-,41-,47-/m0/s1. The van der Waals surface area contributed by atoms with Gasteiger partial charge in [0.15, 0.2) is 0 Å². The van der Waals surface area contributed by atoms with Crippen LogP contribution in [0.3, 0.4) is 0 Å². The smallest absolute Gasteiger partial charge is 0.324 e. The Kier molecular flexibility index (Phi) is 15.3. The molecule has 0 aliphatic carbocycles. The van der Waals surface area contributed by atoms with Gasteiger partial charge in [0.25, 0.3) is 11.8 Å². The zero-order valence-corrected chi connectivity index (χ0v) is 42.1. The third-order valence-electron chi connectivity index (χ3n) is 13.9. The molecule has 5 atom stereocenters. The molecule has 0 saturated carbocycles. The summed E-state index contributed by atoms with van der Waals surface area (Å²) in [7, 11) is 7.06. The number of nitrogens with zero attached hydrogens (tertiary/aromatic N) is 7. The van der Waals surface area contributed by atoms with Crippen LogP contribution < -0.4 is 10.7 Å². The Bertz CT molecular complexity index is 2650. The highest BCUT2D eigenvalue weighted by Crippen LogP contribution is 2.36. The largest absolute Gasteiger partial charge is 0.464 e. The maximum atomic E-state index is 14.7. The quantitative estimate of drug-likeness (QED) is 0.169. The van der Waals surface area contributed by atoms with Gasteiger partial charge in [-0.25, -0.2) is 10.4 Å². The first kappa shape index (κ1) is 50.7. The molecule has 4 amide bonds. The molecule has 1 aromatic carbocycles. The number of benzene rings is 1. The Labute approximate surface area is 406 Å². The van der Waals surface area contributed by atoms with Crippen molar-refractivity contribution in [3.63, 3.8) is 0 Å². The van der Waals surface area contributed by atoms with E-state index in [1.807, 2.05) is 102 Å². The van der Waals surface area contributed by atoms with Crippen LogP contribution in [0.25, 0.3) is 28.0 Å². The summed E-state index contributed by atoms with van der Waals surface area (Å²) in [5.41, 5.74) is 8.72. The second-order valence-corrected chi connectivity index (χ2v) is 20.7. The predicted molar refractivity (Wildman–Crippen MR) is 263 cm³/mol. The minimum atomic E-state index is -1.07. The summed E-state index contributed by atoms with van der Waals surface area (Å²) in [5, 5.41) is 4.49. The molecule has 7 rings (SSSR count). The van der Waals surface area contributed by atoms with Crippen molar-refractivity contribution in [1.29, 1.82) is 0 Å². The van der Waals surface area contributed by atoms with Gasteiger partial charge in [0.05, 0.1) is 41.2 Å². The van der Waals surface area contributed by atoms with Gasteiger partial charge in [-0.2, -0.15) is 0 Å². The summed E-state index contributed by atoms with van der Waals surface area (Å²) in [6.45, 7) is 14.6. The lowest BCUT2D eigenvalue weighted by molar-refractivity contribution is -0.155. The molecule has 0 radical (unpaired) electrons. The molecule has 2 saturated heterocycles. The first-order valence-corrected chi connectivity index (χ1v) is 24.1. The number of likely N-dealkylation sites (N-methyl/N-ethyl adjacent to an activating group) is 1. The van der Waals surface area contributed by atoms with E-state index in [1.165, 1.54) is 9.91 Å². The number of esters is 1. The highest BCUT2D eigenvalue weighted by molar-refractivity contribution is 5.96. The third-order valence-corrected chi connectivity index (χ3v) is 13.9. The SMILES string of the molecule is CO[C@@H](C)c1ncccc1-c1nc2ccc3cn2c1CC(C)(C)COC(=O)[C@@H]1CCCN(N1)C(=O)[C@@H](NC(=O)[C@H](C(C)C)N(C)C(=O)[C@H]1CCN(C(=O)C#CC(C)(C)N(C)C)C1)Cc1cccc-3c1. The Hall–Kier alpha value is -6.15. The van der Waals surface area contributed by atoms with Crippen LogP contribution in [0.1, 0.15) is 90.8 Å². The topological polar surface area (TPSA) is 171 Å². The first-order chi connectivity index (χ1) is 32.7. The van der Waals surface area contributed by atoms with Gasteiger partial charge in [0, 0.05) is 63.6 Å². The van der Waals surface area contributed by atoms with Crippen LogP contribution in [0, 0.1) is 29.1 Å². The maximum absolute atomic E-state index is 14.7. The van der Waals surface area contributed by atoms with Crippen LogP contribution in [0.15, 0.2) is 60.9 Å². The summed E-state index contributed by atoms with van der Waals surface area (Å²) in [6.07, 6.45) is 5.57. The molecule has 4 aromatic rings. The van der Waals surface area contributed by atoms with Crippen molar-refractivity contribution in [3.8, 4) is 34.2 Å². The van der Waals surface area contributed by atoms with Crippen molar-refractivity contribution in [2.45, 2.75) is 110 Å². The van der Waals surface area contributed by atoms with E-state index in [1.54, 1.807) is 25.3 Å². The highest BCUT2D eigenvalue weighted by atomic mass is 16.5. The summed E-state index contributed by atoms with van der Waals surface area (Å²) < 4.78 is 13.9. The molecule has 0 unspecified atom stereocenters. The van der Waals surface area contributed by atoms with Crippen molar-refractivity contribution in [1.82, 2.24) is 44.8 Å². The number of likely N-dealkylation sites (tertiary alicyclic amines) is 1. The number of aromatic nitrogens is 3. The van der Waals surface area contributed by atoms with Gasteiger partial charge in [0.2, 0.25) is 11.8 Å². The zero-order valence-electron chi connectivity index (χ0n) is 42.1. The van der Waals surface area contributed by atoms with Gasteiger partial charge in [-0.1, -0.05) is 57.9 Å². The number of cyclic esters (lactones) is 1. The number of rotatable bonds is 9. The third kappa shape index (κ3) is 11.3. The van der Waals surface area contributed by atoms with Crippen LogP contribution in [0.4, 0.5) is 0 Å². The fraction of sp³-hybridized carbons (Fsp3) is 0.528. The number of methoxy groups -OCH3 is 1. The minimum Gasteiger partial charge on any atom is -0.464 e. The van der Waals surface area contributed by atoms with Crippen molar-refractivity contribution < 1.29 is 33.4 Å². The number of fused-ring (bicyclic) bond motifs is 6. The summed E-state index contributed by atoms with van der Waals surface area (Å²) in [6, 6.07) is 13.0. The van der Waals surface area contributed by atoms with Gasteiger partial charge >= 0.3 is 5.97 Å². The lowest BCUT2D eigenvalue weighted by atomic mass is 9.87. The van der Waals surface area contributed by atoms with Crippen molar-refractivity contribution >= 4 is 35.2 Å². The van der Waals surface area contributed by atoms with Crippen molar-refractivity contribution in [3.05, 3.63) is 77.9 Å². The molecule has 368 valence electrons. The Balaban J connectivity index is 1.21. The van der Waals surface area contributed by atoms with Crippen molar-refractivity contribution in [2.75, 3.05) is 54.5 Å². The molecule has 16 nitrogen and oxygen atoms in total. The number of hydrazine groups is 1. The van der Waals surface area contributed by atoms with E-state index in [0.29, 0.717) is 38.8 Å². The molecule has 16 heteroatoms. The van der Waals surface area contributed by atoms with E-state index in [4.69, 9.17) is 19.4 Å². The summed E-state index contributed by atoms with van der Waals surface area (Å²) in [5.74, 6) is 2.97. The molecule has 6 heterocycles. The average molecular weight is 944 g/mol. The fourth-order valence-corrected chi connectivity index (χ4v) is 9.34. The molecule has 3 aromatic heterocycles. The van der Waals surface area contributed by atoms with Gasteiger partial charge in [-0.3, -0.25) is 38.9 Å². The molecule has 3 aliphatic rings. The molecule has 2 N–H and O–H groups in total. The van der Waals surface area contributed by atoms with E-state index in [2.05, 4.69) is 47.0 Å². The number of pyridine rings is 2. The minimum absolute atomic E-state index is 0.0979. The number of ether oxygens (including phenoxy) is 2. The number of amides is 4. The van der Waals surface area contributed by atoms with Crippen LogP contribution in [0.5, 0.6) is 0 Å². The van der Waals surface area contributed by atoms with Crippen LogP contribution in [-0.4, -0.2) is 142 Å². The van der Waals surface area contributed by atoms with Gasteiger partial charge < -0.3 is 29.0 Å².